The zero-order valence-corrected chi connectivity index (χ0v) is 22.8. The van der Waals surface area contributed by atoms with Crippen molar-refractivity contribution in [3.05, 3.63) is 35.9 Å². The van der Waals surface area contributed by atoms with Crippen molar-refractivity contribution in [1.82, 2.24) is 15.5 Å². The molecule has 204 valence electrons. The number of fused-ring (bicyclic) bond motifs is 1. The van der Waals surface area contributed by atoms with Gasteiger partial charge in [-0.05, 0) is 37.2 Å². The summed E-state index contributed by atoms with van der Waals surface area (Å²) in [7, 11) is 0. The van der Waals surface area contributed by atoms with Crippen molar-refractivity contribution in [2.75, 3.05) is 13.2 Å². The van der Waals surface area contributed by atoms with Gasteiger partial charge in [-0.2, -0.15) is 0 Å². The number of carbonyl (C=O) groups is 3. The zero-order valence-electron chi connectivity index (χ0n) is 22.8. The lowest BCUT2D eigenvalue weighted by atomic mass is 9.62. The maximum atomic E-state index is 14.2. The molecule has 0 saturated carbocycles. The van der Waals surface area contributed by atoms with E-state index in [2.05, 4.69) is 17.6 Å². The number of unbranched alkanes of at least 4 members (excludes halogenated alkanes) is 1. The fraction of sp³-hybridized carbons (Fsp3) is 0.690. The Labute approximate surface area is 220 Å². The molecule has 4 rings (SSSR count). The molecule has 8 atom stereocenters. The van der Waals surface area contributed by atoms with Gasteiger partial charge in [-0.25, -0.2) is 0 Å². The predicted octanol–water partition coefficient (Wildman–Crippen LogP) is 2.64. The Balaban J connectivity index is 1.72. The summed E-state index contributed by atoms with van der Waals surface area (Å²) in [4.78, 5) is 43.3. The largest absolute Gasteiger partial charge is 0.394 e. The average Bonchev–Trinajstić information content (AvgIpc) is 3.40. The average molecular weight is 514 g/mol. The molecule has 3 saturated heterocycles. The van der Waals surface area contributed by atoms with E-state index in [1.165, 1.54) is 0 Å². The van der Waals surface area contributed by atoms with Gasteiger partial charge in [-0.15, -0.1) is 0 Å². The summed E-state index contributed by atoms with van der Waals surface area (Å²) >= 11 is 0. The first-order valence-corrected chi connectivity index (χ1v) is 13.9. The van der Waals surface area contributed by atoms with Crippen LogP contribution in [0.5, 0.6) is 0 Å². The van der Waals surface area contributed by atoms with E-state index in [9.17, 15) is 19.5 Å². The van der Waals surface area contributed by atoms with Crippen LogP contribution in [0.25, 0.3) is 0 Å². The van der Waals surface area contributed by atoms with Crippen LogP contribution in [0.3, 0.4) is 0 Å². The molecule has 1 aromatic carbocycles. The Morgan fingerprint density at radius 2 is 1.89 bits per heavy atom. The molecule has 3 N–H and O–H groups in total. The van der Waals surface area contributed by atoms with Crippen molar-refractivity contribution < 1.29 is 24.2 Å². The van der Waals surface area contributed by atoms with E-state index >= 15 is 0 Å². The van der Waals surface area contributed by atoms with Gasteiger partial charge in [0.25, 0.3) is 0 Å². The number of rotatable bonds is 11. The first-order valence-electron chi connectivity index (χ1n) is 13.9. The normalized spacial score (nSPS) is 33.8. The van der Waals surface area contributed by atoms with Gasteiger partial charge in [0.2, 0.25) is 17.7 Å². The number of carbonyl (C=O) groups excluding carboxylic acids is 3. The van der Waals surface area contributed by atoms with E-state index in [4.69, 9.17) is 4.74 Å². The number of aliphatic hydroxyl groups excluding tert-OH is 1. The van der Waals surface area contributed by atoms with Gasteiger partial charge in [-0.3, -0.25) is 14.4 Å². The van der Waals surface area contributed by atoms with Gasteiger partial charge in [0.05, 0.1) is 30.1 Å². The van der Waals surface area contributed by atoms with Crippen LogP contribution in [0.1, 0.15) is 65.9 Å². The zero-order chi connectivity index (χ0) is 27.0. The van der Waals surface area contributed by atoms with Crippen molar-refractivity contribution in [2.24, 2.45) is 23.7 Å². The predicted molar refractivity (Wildman–Crippen MR) is 140 cm³/mol. The molecule has 8 nitrogen and oxygen atoms in total. The second-order valence-electron chi connectivity index (χ2n) is 11.4. The number of benzene rings is 1. The number of nitrogens with zero attached hydrogens (tertiary/aromatic N) is 1. The van der Waals surface area contributed by atoms with Gasteiger partial charge in [0.1, 0.15) is 11.6 Å². The summed E-state index contributed by atoms with van der Waals surface area (Å²) in [6.45, 7) is 10.6. The summed E-state index contributed by atoms with van der Waals surface area (Å²) in [5.41, 5.74) is -0.991. The maximum absolute atomic E-state index is 14.2. The van der Waals surface area contributed by atoms with Crippen LogP contribution >= 0.6 is 0 Å². The first-order chi connectivity index (χ1) is 17.7. The molecular formula is C29H43N3O5. The molecular weight excluding hydrogens is 470 g/mol. The molecule has 3 amide bonds. The van der Waals surface area contributed by atoms with Crippen LogP contribution in [-0.2, 0) is 25.7 Å². The minimum absolute atomic E-state index is 0.0221. The molecule has 2 bridgehead atoms. The highest BCUT2D eigenvalue weighted by molar-refractivity contribution is 5.99. The summed E-state index contributed by atoms with van der Waals surface area (Å²) < 4.78 is 6.75. The number of hydrogen-bond acceptors (Lipinski definition) is 5. The molecule has 0 aliphatic carbocycles. The highest BCUT2D eigenvalue weighted by atomic mass is 16.5. The monoisotopic (exact) mass is 513 g/mol. The van der Waals surface area contributed by atoms with Crippen molar-refractivity contribution in [2.45, 2.75) is 90.1 Å². The van der Waals surface area contributed by atoms with E-state index in [1.807, 2.05) is 58.0 Å². The van der Waals surface area contributed by atoms with Gasteiger partial charge in [-0.1, -0.05) is 70.9 Å². The fourth-order valence-electron chi connectivity index (χ4n) is 6.93. The molecule has 37 heavy (non-hydrogen) atoms. The van der Waals surface area contributed by atoms with Gasteiger partial charge < -0.3 is 25.4 Å². The maximum Gasteiger partial charge on any atom is 0.245 e. The van der Waals surface area contributed by atoms with Gasteiger partial charge >= 0.3 is 0 Å². The van der Waals surface area contributed by atoms with Crippen molar-refractivity contribution in [3.8, 4) is 0 Å². The number of amides is 3. The summed E-state index contributed by atoms with van der Waals surface area (Å²) in [5.74, 6) is -2.28. The smallest absolute Gasteiger partial charge is 0.245 e. The van der Waals surface area contributed by atoms with Crippen LogP contribution in [0.2, 0.25) is 0 Å². The van der Waals surface area contributed by atoms with Gasteiger partial charge in [0.15, 0.2) is 0 Å². The molecule has 3 unspecified atom stereocenters. The molecule has 3 heterocycles. The molecule has 0 radical (unpaired) electrons. The Kier molecular flexibility index (Phi) is 8.00. The lowest BCUT2D eigenvalue weighted by Gasteiger charge is -2.39. The number of aliphatic hydroxyl groups is 1. The van der Waals surface area contributed by atoms with Crippen molar-refractivity contribution in [3.63, 3.8) is 0 Å². The third-order valence-electron chi connectivity index (χ3n) is 9.27. The molecule has 8 heteroatoms. The molecule has 3 fully saturated rings. The van der Waals surface area contributed by atoms with E-state index < -0.39 is 35.1 Å². The first kappa shape index (κ1) is 27.6. The van der Waals surface area contributed by atoms with Crippen LogP contribution in [0, 0.1) is 23.7 Å². The Hall–Kier alpha value is -2.45. The van der Waals surface area contributed by atoms with E-state index in [-0.39, 0.29) is 36.2 Å². The minimum Gasteiger partial charge on any atom is -0.394 e. The van der Waals surface area contributed by atoms with Crippen molar-refractivity contribution in [1.29, 1.82) is 0 Å². The summed E-state index contributed by atoms with van der Waals surface area (Å²) in [6.07, 6.45) is 3.02. The minimum atomic E-state index is -1.10. The third kappa shape index (κ3) is 4.46. The number of ether oxygens (including phenoxy) is 1. The number of likely N-dealkylation sites (tertiary alicyclic amines) is 1. The lowest BCUT2D eigenvalue weighted by molar-refractivity contribution is -0.152. The second-order valence-corrected chi connectivity index (χ2v) is 11.4. The third-order valence-corrected chi connectivity index (χ3v) is 9.27. The highest BCUT2D eigenvalue weighted by Gasteiger charge is 2.80. The Bertz CT molecular complexity index is 1000. The highest BCUT2D eigenvalue weighted by Crippen LogP contribution is 2.65. The Morgan fingerprint density at radius 1 is 1.19 bits per heavy atom. The number of nitrogens with one attached hydrogen (secondary N) is 2. The Morgan fingerprint density at radius 3 is 2.51 bits per heavy atom. The van der Waals surface area contributed by atoms with Crippen LogP contribution in [0.4, 0.5) is 0 Å². The topological polar surface area (TPSA) is 108 Å². The van der Waals surface area contributed by atoms with E-state index in [0.717, 1.165) is 24.8 Å². The molecule has 1 aromatic rings. The standard InChI is InChI=1S/C29H43N3O5/c1-6-8-14-30-26(35)24-29-15-19(4)28(5,37-29)22(25(34)31-16-20-12-10-9-11-13-20)23(29)27(36)32(24)21(17-33)18(3)7-2/h9-13,18-19,21-24,33H,6-8,14-17H2,1-5H3,(H,30,35)(H,31,34)/t18-,19?,21-,22-,23-,24?,28+,29?/m0/s1. The quantitative estimate of drug-likeness (QED) is 0.394. The fourth-order valence-corrected chi connectivity index (χ4v) is 6.93. The molecule has 0 aromatic heterocycles. The van der Waals surface area contributed by atoms with Crippen molar-refractivity contribution >= 4 is 17.7 Å². The SMILES string of the molecule is CCCCNC(=O)C1N([C@@H](CO)[C@@H](C)CC)C(=O)[C@@H]2[C@@H](C(=O)NCc3ccccc3)[C@]3(C)OC12CC3C. The van der Waals surface area contributed by atoms with Crippen LogP contribution in [0.15, 0.2) is 30.3 Å². The van der Waals surface area contributed by atoms with Crippen LogP contribution < -0.4 is 10.6 Å². The number of hydrogen-bond donors (Lipinski definition) is 3. The second kappa shape index (κ2) is 10.7. The molecule has 3 aliphatic rings. The van der Waals surface area contributed by atoms with Gasteiger partial charge in [0, 0.05) is 13.1 Å². The lowest BCUT2D eigenvalue weighted by Crippen LogP contribution is -2.59. The van der Waals surface area contributed by atoms with E-state index in [1.54, 1.807) is 4.90 Å². The van der Waals surface area contributed by atoms with E-state index in [0.29, 0.717) is 19.5 Å². The summed E-state index contributed by atoms with van der Waals surface area (Å²) in [5, 5.41) is 16.5. The molecule has 1 spiro atoms. The summed E-state index contributed by atoms with van der Waals surface area (Å²) in [6, 6.07) is 8.24. The van der Waals surface area contributed by atoms with Crippen LogP contribution in [-0.4, -0.2) is 64.2 Å². The molecule has 3 aliphatic heterocycles.